The summed E-state index contributed by atoms with van der Waals surface area (Å²) in [5, 5.41) is 0. The minimum absolute atomic E-state index is 0.782. The first-order valence-corrected chi connectivity index (χ1v) is 11.7. The maximum Gasteiger partial charge on any atom is -0.0162 e. The van der Waals surface area contributed by atoms with Gasteiger partial charge >= 0.3 is 0 Å². The van der Waals surface area contributed by atoms with Crippen LogP contribution < -0.4 is 0 Å². The predicted octanol–water partition coefficient (Wildman–Crippen LogP) is 8.63. The van der Waals surface area contributed by atoms with Crippen LogP contribution >= 0.6 is 0 Å². The SMILES string of the molecule is CCC1CC=C(c2ccc(-c3ccc(C4CCC(CC)CC4)cc3)cc2)CC1. The zero-order chi connectivity index (χ0) is 19.3. The van der Waals surface area contributed by atoms with Gasteiger partial charge < -0.3 is 0 Å². The molecule has 148 valence electrons. The van der Waals surface area contributed by atoms with Gasteiger partial charge in [0.1, 0.15) is 0 Å². The molecule has 0 aromatic heterocycles. The summed E-state index contributed by atoms with van der Waals surface area (Å²) < 4.78 is 0. The summed E-state index contributed by atoms with van der Waals surface area (Å²) >= 11 is 0. The number of hydrogen-bond acceptors (Lipinski definition) is 0. The maximum absolute atomic E-state index is 2.48. The van der Waals surface area contributed by atoms with Gasteiger partial charge in [0.05, 0.1) is 0 Å². The molecular formula is C28H36. The molecule has 2 aromatic rings. The third kappa shape index (κ3) is 4.43. The third-order valence-corrected chi connectivity index (χ3v) is 7.49. The first-order valence-electron chi connectivity index (χ1n) is 11.7. The van der Waals surface area contributed by atoms with E-state index < -0.39 is 0 Å². The third-order valence-electron chi connectivity index (χ3n) is 7.49. The molecule has 0 heteroatoms. The van der Waals surface area contributed by atoms with Crippen molar-refractivity contribution in [3.63, 3.8) is 0 Å². The van der Waals surface area contributed by atoms with E-state index in [4.69, 9.17) is 0 Å². The lowest BCUT2D eigenvalue weighted by atomic mass is 9.77. The summed E-state index contributed by atoms with van der Waals surface area (Å²) in [5.74, 6) is 2.66. The molecule has 2 aromatic carbocycles. The zero-order valence-corrected chi connectivity index (χ0v) is 17.8. The average molecular weight is 373 g/mol. The standard InChI is InChI=1S/C28H36/c1-3-21-5-9-23(10-6-21)25-13-17-27(18-14-25)28-19-15-26(16-20-28)24-11-7-22(4-2)8-12-24/h9,13-22,24H,3-8,10-12H2,1-2H3. The van der Waals surface area contributed by atoms with Gasteiger partial charge in [-0.25, -0.2) is 0 Å². The highest BCUT2D eigenvalue weighted by molar-refractivity contribution is 5.71. The van der Waals surface area contributed by atoms with E-state index in [-0.39, 0.29) is 0 Å². The van der Waals surface area contributed by atoms with E-state index in [9.17, 15) is 0 Å². The van der Waals surface area contributed by atoms with Crippen LogP contribution in [0.4, 0.5) is 0 Å². The molecule has 0 heterocycles. The van der Waals surface area contributed by atoms with Crippen molar-refractivity contribution in [3.8, 4) is 11.1 Å². The Labute approximate surface area is 172 Å². The Bertz CT molecular complexity index is 770. The molecule has 1 atom stereocenters. The Balaban J connectivity index is 1.41. The largest absolute Gasteiger partial charge is 0.0804 e. The molecule has 2 aliphatic rings. The number of hydrogen-bond donors (Lipinski definition) is 0. The van der Waals surface area contributed by atoms with Gasteiger partial charge in [-0.3, -0.25) is 0 Å². The maximum atomic E-state index is 2.48. The van der Waals surface area contributed by atoms with Crippen LogP contribution in [0, 0.1) is 11.8 Å². The highest BCUT2D eigenvalue weighted by atomic mass is 14.3. The molecule has 2 aliphatic carbocycles. The summed E-state index contributed by atoms with van der Waals surface area (Å²) in [6, 6.07) is 18.7. The molecular weight excluding hydrogens is 336 g/mol. The fourth-order valence-corrected chi connectivity index (χ4v) is 5.25. The van der Waals surface area contributed by atoms with E-state index in [2.05, 4.69) is 68.5 Å². The molecule has 0 spiro atoms. The molecule has 0 nitrogen and oxygen atoms in total. The van der Waals surface area contributed by atoms with E-state index in [1.165, 1.54) is 74.5 Å². The summed E-state index contributed by atoms with van der Waals surface area (Å²) in [6.45, 7) is 4.66. The van der Waals surface area contributed by atoms with E-state index in [1.807, 2.05) is 0 Å². The Morgan fingerprint density at radius 3 is 1.75 bits per heavy atom. The zero-order valence-electron chi connectivity index (χ0n) is 17.8. The van der Waals surface area contributed by atoms with Gasteiger partial charge in [-0.2, -0.15) is 0 Å². The molecule has 4 rings (SSSR count). The Morgan fingerprint density at radius 1 is 0.643 bits per heavy atom. The van der Waals surface area contributed by atoms with Gasteiger partial charge in [-0.05, 0) is 90.5 Å². The van der Waals surface area contributed by atoms with Gasteiger partial charge in [0.25, 0.3) is 0 Å². The molecule has 0 N–H and O–H groups in total. The van der Waals surface area contributed by atoms with E-state index >= 15 is 0 Å². The molecule has 0 saturated heterocycles. The number of allylic oxidation sites excluding steroid dienone is 2. The van der Waals surface area contributed by atoms with Crippen LogP contribution in [-0.2, 0) is 0 Å². The molecule has 0 bridgehead atoms. The van der Waals surface area contributed by atoms with Crippen LogP contribution in [0.2, 0.25) is 0 Å². The van der Waals surface area contributed by atoms with Crippen molar-refractivity contribution in [2.75, 3.05) is 0 Å². The monoisotopic (exact) mass is 372 g/mol. The number of benzene rings is 2. The average Bonchev–Trinajstić information content (AvgIpc) is 2.79. The first-order chi connectivity index (χ1) is 13.8. The second-order valence-electron chi connectivity index (χ2n) is 9.10. The summed E-state index contributed by atoms with van der Waals surface area (Å²) in [5.41, 5.74) is 7.21. The lowest BCUT2D eigenvalue weighted by Gasteiger charge is -2.28. The van der Waals surface area contributed by atoms with E-state index in [0.29, 0.717) is 0 Å². The molecule has 28 heavy (non-hydrogen) atoms. The van der Waals surface area contributed by atoms with Crippen molar-refractivity contribution < 1.29 is 0 Å². The van der Waals surface area contributed by atoms with Gasteiger partial charge in [0.2, 0.25) is 0 Å². The van der Waals surface area contributed by atoms with E-state index in [1.54, 1.807) is 11.1 Å². The highest BCUT2D eigenvalue weighted by Crippen LogP contribution is 2.38. The van der Waals surface area contributed by atoms with Crippen LogP contribution in [0.15, 0.2) is 54.6 Å². The minimum atomic E-state index is 0.782. The second-order valence-corrected chi connectivity index (χ2v) is 9.10. The van der Waals surface area contributed by atoms with Crippen molar-refractivity contribution in [2.45, 2.75) is 77.6 Å². The summed E-state index contributed by atoms with van der Waals surface area (Å²) in [4.78, 5) is 0. The van der Waals surface area contributed by atoms with Gasteiger partial charge in [0.15, 0.2) is 0 Å². The predicted molar refractivity (Wildman–Crippen MR) is 122 cm³/mol. The summed E-state index contributed by atoms with van der Waals surface area (Å²) in [6.07, 6.45) is 14.6. The Hall–Kier alpha value is -1.82. The number of rotatable bonds is 5. The molecule has 0 aliphatic heterocycles. The van der Waals surface area contributed by atoms with Gasteiger partial charge in [-0.1, -0.05) is 81.3 Å². The smallest absolute Gasteiger partial charge is 0.0162 e. The molecule has 1 fully saturated rings. The van der Waals surface area contributed by atoms with Crippen molar-refractivity contribution in [2.24, 2.45) is 11.8 Å². The lowest BCUT2D eigenvalue weighted by molar-refractivity contribution is 0.319. The molecule has 0 radical (unpaired) electrons. The normalized spacial score (nSPS) is 25.4. The topological polar surface area (TPSA) is 0 Å². The van der Waals surface area contributed by atoms with Crippen LogP contribution in [0.25, 0.3) is 16.7 Å². The quantitative estimate of drug-likeness (QED) is 0.492. The van der Waals surface area contributed by atoms with Crippen LogP contribution in [0.1, 0.15) is 88.7 Å². The molecule has 1 unspecified atom stereocenters. The fraction of sp³-hybridized carbons (Fsp3) is 0.500. The Kier molecular flexibility index (Phi) is 6.35. The van der Waals surface area contributed by atoms with E-state index in [0.717, 1.165) is 17.8 Å². The second kappa shape index (κ2) is 9.12. The highest BCUT2D eigenvalue weighted by Gasteiger charge is 2.21. The molecule has 1 saturated carbocycles. The van der Waals surface area contributed by atoms with Crippen LogP contribution in [0.3, 0.4) is 0 Å². The van der Waals surface area contributed by atoms with Crippen LogP contribution in [-0.4, -0.2) is 0 Å². The molecule has 0 amide bonds. The first kappa shape index (κ1) is 19.5. The van der Waals surface area contributed by atoms with Crippen molar-refractivity contribution >= 4 is 5.57 Å². The summed E-state index contributed by atoms with van der Waals surface area (Å²) in [7, 11) is 0. The van der Waals surface area contributed by atoms with Gasteiger partial charge in [0, 0.05) is 0 Å². The lowest BCUT2D eigenvalue weighted by Crippen LogP contribution is -2.12. The van der Waals surface area contributed by atoms with Crippen molar-refractivity contribution in [1.29, 1.82) is 0 Å². The minimum Gasteiger partial charge on any atom is -0.0804 e. The van der Waals surface area contributed by atoms with Gasteiger partial charge in [-0.15, -0.1) is 0 Å². The fourth-order valence-electron chi connectivity index (χ4n) is 5.25. The van der Waals surface area contributed by atoms with Crippen LogP contribution in [0.5, 0.6) is 0 Å². The Morgan fingerprint density at radius 2 is 1.21 bits per heavy atom. The van der Waals surface area contributed by atoms with Crippen molar-refractivity contribution in [3.05, 3.63) is 65.7 Å². The van der Waals surface area contributed by atoms with Crippen molar-refractivity contribution in [1.82, 2.24) is 0 Å².